The molecular formula is C22H29N5O. The smallest absolute Gasteiger partial charge is 0.277 e. The fourth-order valence-corrected chi connectivity index (χ4v) is 4.21. The second kappa shape index (κ2) is 7.51. The number of imidazole rings is 1. The third-order valence-electron chi connectivity index (χ3n) is 5.66. The molecule has 28 heavy (non-hydrogen) atoms. The Bertz CT molecular complexity index is 1060. The number of rotatable bonds is 6. The number of nitrogens with one attached hydrogen (secondary N) is 1. The average molecular weight is 380 g/mol. The van der Waals surface area contributed by atoms with Crippen molar-refractivity contribution in [1.29, 1.82) is 0 Å². The standard InChI is InChI=1S/C22H29N5O/c1-5-7-15-9-10-16(17-12-26(4)13-17)11-18(15)21-24-22(28)20-14(3)23-19(8-6-2)27(20)25-21/h9-11,17H,5-8,12-13H2,1-4H3,(H,24,25,28). The first kappa shape index (κ1) is 18.9. The predicted octanol–water partition coefficient (Wildman–Crippen LogP) is 3.33. The molecule has 0 bridgehead atoms. The van der Waals surface area contributed by atoms with E-state index in [0.717, 1.165) is 55.9 Å². The summed E-state index contributed by atoms with van der Waals surface area (Å²) >= 11 is 0. The van der Waals surface area contributed by atoms with Crippen molar-refractivity contribution in [3.8, 4) is 11.4 Å². The summed E-state index contributed by atoms with van der Waals surface area (Å²) < 4.78 is 1.76. The molecule has 0 amide bonds. The van der Waals surface area contributed by atoms with E-state index < -0.39 is 0 Å². The zero-order valence-electron chi connectivity index (χ0n) is 17.2. The van der Waals surface area contributed by atoms with Gasteiger partial charge in [-0.25, -0.2) is 9.50 Å². The van der Waals surface area contributed by atoms with Crippen LogP contribution in [0.2, 0.25) is 0 Å². The van der Waals surface area contributed by atoms with Crippen LogP contribution in [0.3, 0.4) is 0 Å². The van der Waals surface area contributed by atoms with Crippen LogP contribution >= 0.6 is 0 Å². The molecule has 1 aliphatic heterocycles. The molecule has 6 nitrogen and oxygen atoms in total. The van der Waals surface area contributed by atoms with Gasteiger partial charge in [-0.1, -0.05) is 32.4 Å². The van der Waals surface area contributed by atoms with Crippen molar-refractivity contribution in [2.75, 3.05) is 20.1 Å². The van der Waals surface area contributed by atoms with Crippen molar-refractivity contribution in [1.82, 2.24) is 24.5 Å². The Kier molecular flexibility index (Phi) is 5.06. The Morgan fingerprint density at radius 3 is 2.61 bits per heavy atom. The highest BCUT2D eigenvalue weighted by Crippen LogP contribution is 2.31. The quantitative estimate of drug-likeness (QED) is 0.713. The van der Waals surface area contributed by atoms with Crippen LogP contribution in [0.1, 0.15) is 55.3 Å². The number of benzene rings is 1. The molecule has 0 radical (unpaired) electrons. The maximum Gasteiger partial charge on any atom is 0.277 e. The van der Waals surface area contributed by atoms with Gasteiger partial charge in [-0.05, 0) is 44.0 Å². The molecular weight excluding hydrogens is 350 g/mol. The van der Waals surface area contributed by atoms with Crippen LogP contribution in [0.25, 0.3) is 16.9 Å². The van der Waals surface area contributed by atoms with Gasteiger partial charge in [-0.3, -0.25) is 4.79 Å². The lowest BCUT2D eigenvalue weighted by Crippen LogP contribution is -2.41. The van der Waals surface area contributed by atoms with E-state index in [1.807, 2.05) is 6.92 Å². The topological polar surface area (TPSA) is 66.3 Å². The summed E-state index contributed by atoms with van der Waals surface area (Å²) in [6.07, 6.45) is 3.79. The molecule has 148 valence electrons. The second-order valence-corrected chi connectivity index (χ2v) is 8.01. The van der Waals surface area contributed by atoms with Gasteiger partial charge in [0.1, 0.15) is 5.82 Å². The van der Waals surface area contributed by atoms with Gasteiger partial charge in [0.05, 0.1) is 5.69 Å². The molecule has 0 saturated carbocycles. The second-order valence-electron chi connectivity index (χ2n) is 8.01. The van der Waals surface area contributed by atoms with E-state index in [9.17, 15) is 4.79 Å². The first-order valence-electron chi connectivity index (χ1n) is 10.3. The number of hydrogen-bond acceptors (Lipinski definition) is 4. The maximum absolute atomic E-state index is 12.8. The minimum Gasteiger partial charge on any atom is -0.305 e. The van der Waals surface area contributed by atoms with Gasteiger partial charge in [0.2, 0.25) is 0 Å². The highest BCUT2D eigenvalue weighted by Gasteiger charge is 2.26. The van der Waals surface area contributed by atoms with E-state index in [-0.39, 0.29) is 5.56 Å². The number of likely N-dealkylation sites (tertiary alicyclic amines) is 1. The Hall–Kier alpha value is -2.47. The van der Waals surface area contributed by atoms with E-state index in [2.05, 4.69) is 54.0 Å². The minimum atomic E-state index is -0.117. The lowest BCUT2D eigenvalue weighted by atomic mass is 9.88. The summed E-state index contributed by atoms with van der Waals surface area (Å²) in [6, 6.07) is 6.69. The Morgan fingerprint density at radius 2 is 1.93 bits per heavy atom. The van der Waals surface area contributed by atoms with Crippen LogP contribution in [0.15, 0.2) is 23.0 Å². The van der Waals surface area contributed by atoms with Gasteiger partial charge in [-0.2, -0.15) is 0 Å². The molecule has 2 aromatic heterocycles. The number of hydrogen-bond donors (Lipinski definition) is 1. The molecule has 1 saturated heterocycles. The third-order valence-corrected chi connectivity index (χ3v) is 5.66. The Balaban J connectivity index is 1.87. The molecule has 0 aliphatic carbocycles. The van der Waals surface area contributed by atoms with Crippen LogP contribution in [-0.4, -0.2) is 44.6 Å². The van der Waals surface area contributed by atoms with Crippen LogP contribution in [0.4, 0.5) is 0 Å². The number of aromatic nitrogens is 4. The van der Waals surface area contributed by atoms with Crippen molar-refractivity contribution in [2.45, 2.75) is 52.4 Å². The zero-order chi connectivity index (χ0) is 19.8. The van der Waals surface area contributed by atoms with E-state index in [1.165, 1.54) is 11.1 Å². The van der Waals surface area contributed by atoms with Gasteiger partial charge in [0.15, 0.2) is 11.3 Å². The number of H-pyrrole nitrogens is 1. The molecule has 1 aliphatic rings. The summed E-state index contributed by atoms with van der Waals surface area (Å²) in [7, 11) is 2.15. The number of nitrogens with zero attached hydrogens (tertiary/aromatic N) is 4. The fraction of sp³-hybridized carbons (Fsp3) is 0.500. The highest BCUT2D eigenvalue weighted by molar-refractivity contribution is 5.63. The van der Waals surface area contributed by atoms with Crippen molar-refractivity contribution in [3.05, 3.63) is 51.2 Å². The number of likely N-dealkylation sites (N-methyl/N-ethyl adjacent to an activating group) is 1. The van der Waals surface area contributed by atoms with E-state index in [0.29, 0.717) is 17.3 Å². The van der Waals surface area contributed by atoms with Crippen molar-refractivity contribution >= 4 is 5.52 Å². The number of aromatic amines is 1. The largest absolute Gasteiger partial charge is 0.305 e. The molecule has 0 unspecified atom stereocenters. The van der Waals surface area contributed by atoms with Gasteiger partial charge >= 0.3 is 0 Å². The van der Waals surface area contributed by atoms with Crippen LogP contribution in [0.5, 0.6) is 0 Å². The maximum atomic E-state index is 12.8. The van der Waals surface area contributed by atoms with Crippen LogP contribution in [0, 0.1) is 6.92 Å². The van der Waals surface area contributed by atoms with Crippen molar-refractivity contribution < 1.29 is 0 Å². The van der Waals surface area contributed by atoms with E-state index in [1.54, 1.807) is 4.52 Å². The van der Waals surface area contributed by atoms with E-state index >= 15 is 0 Å². The number of fused-ring (bicyclic) bond motifs is 1. The SMILES string of the molecule is CCCc1ccc(C2CN(C)C2)cc1-c1nn2c(CCC)nc(C)c2c(=O)[nH]1. The van der Waals surface area contributed by atoms with Crippen molar-refractivity contribution in [2.24, 2.45) is 0 Å². The normalized spacial score (nSPS) is 15.3. The van der Waals surface area contributed by atoms with Gasteiger partial charge in [-0.15, -0.1) is 5.10 Å². The summed E-state index contributed by atoms with van der Waals surface area (Å²) in [6.45, 7) is 8.33. The first-order valence-corrected chi connectivity index (χ1v) is 10.3. The predicted molar refractivity (Wildman–Crippen MR) is 112 cm³/mol. The fourth-order valence-electron chi connectivity index (χ4n) is 4.21. The van der Waals surface area contributed by atoms with Crippen LogP contribution in [-0.2, 0) is 12.8 Å². The van der Waals surface area contributed by atoms with Gasteiger partial charge in [0, 0.05) is 31.0 Å². The third kappa shape index (κ3) is 3.26. The lowest BCUT2D eigenvalue weighted by Gasteiger charge is -2.36. The zero-order valence-corrected chi connectivity index (χ0v) is 17.2. The molecule has 4 rings (SSSR count). The lowest BCUT2D eigenvalue weighted by molar-refractivity contribution is 0.190. The molecule has 1 N–H and O–H groups in total. The molecule has 3 aromatic rings. The Labute approximate surface area is 165 Å². The van der Waals surface area contributed by atoms with Crippen LogP contribution < -0.4 is 5.56 Å². The number of aryl methyl sites for hydroxylation is 3. The molecule has 6 heteroatoms. The first-order chi connectivity index (χ1) is 13.5. The summed E-state index contributed by atoms with van der Waals surface area (Å²) in [4.78, 5) is 22.8. The molecule has 0 atom stereocenters. The minimum absolute atomic E-state index is 0.117. The summed E-state index contributed by atoms with van der Waals surface area (Å²) in [5, 5.41) is 4.84. The average Bonchev–Trinajstić information content (AvgIpc) is 2.96. The van der Waals surface area contributed by atoms with Crippen molar-refractivity contribution in [3.63, 3.8) is 0 Å². The summed E-state index contributed by atoms with van der Waals surface area (Å²) in [5.74, 6) is 2.06. The molecule has 1 aromatic carbocycles. The van der Waals surface area contributed by atoms with Gasteiger partial charge in [0.25, 0.3) is 5.56 Å². The molecule has 3 heterocycles. The highest BCUT2D eigenvalue weighted by atomic mass is 16.1. The Morgan fingerprint density at radius 1 is 1.18 bits per heavy atom. The molecule has 0 spiro atoms. The monoisotopic (exact) mass is 379 g/mol. The van der Waals surface area contributed by atoms with Gasteiger partial charge < -0.3 is 9.88 Å². The molecule has 1 fully saturated rings. The summed E-state index contributed by atoms with van der Waals surface area (Å²) in [5.41, 5.74) is 4.78. The van der Waals surface area contributed by atoms with E-state index in [4.69, 9.17) is 5.10 Å².